The van der Waals surface area contributed by atoms with Gasteiger partial charge in [-0.3, -0.25) is 10.1 Å². The minimum atomic E-state index is -0.459. The first kappa shape index (κ1) is 15.4. The first-order valence-corrected chi connectivity index (χ1v) is 6.47. The largest absolute Gasteiger partial charge is 0.508 e. The van der Waals surface area contributed by atoms with Crippen LogP contribution in [0, 0.1) is 10.1 Å². The van der Waals surface area contributed by atoms with E-state index in [9.17, 15) is 15.2 Å². The van der Waals surface area contributed by atoms with Gasteiger partial charge in [0.25, 0.3) is 5.69 Å². The number of nitrogens with zero attached hydrogens (tertiary/aromatic N) is 2. The summed E-state index contributed by atoms with van der Waals surface area (Å²) < 4.78 is 0. The number of likely N-dealkylation sites (N-methyl/N-ethyl adjacent to an activating group) is 1. The van der Waals surface area contributed by atoms with Gasteiger partial charge in [0, 0.05) is 37.3 Å². The van der Waals surface area contributed by atoms with Crippen molar-refractivity contribution < 1.29 is 10.0 Å². The van der Waals surface area contributed by atoms with Crippen molar-refractivity contribution in [2.24, 2.45) is 0 Å². The van der Waals surface area contributed by atoms with E-state index in [0.29, 0.717) is 12.1 Å². The molecule has 0 radical (unpaired) electrons. The Bertz CT molecular complexity index is 420. The van der Waals surface area contributed by atoms with Crippen molar-refractivity contribution in [3.63, 3.8) is 0 Å². The molecule has 1 rings (SSSR count). The van der Waals surface area contributed by atoms with Crippen molar-refractivity contribution in [1.29, 1.82) is 0 Å². The monoisotopic (exact) mass is 267 g/mol. The van der Waals surface area contributed by atoms with Gasteiger partial charge in [-0.05, 0) is 19.2 Å². The highest BCUT2D eigenvalue weighted by atomic mass is 16.6. The number of benzene rings is 1. The van der Waals surface area contributed by atoms with E-state index < -0.39 is 4.92 Å². The Morgan fingerprint density at radius 1 is 1.37 bits per heavy atom. The van der Waals surface area contributed by atoms with E-state index in [2.05, 4.69) is 24.1 Å². The van der Waals surface area contributed by atoms with Gasteiger partial charge in [0.05, 0.1) is 4.92 Å². The summed E-state index contributed by atoms with van der Waals surface area (Å²) in [6, 6.07) is 4.06. The van der Waals surface area contributed by atoms with Gasteiger partial charge in [-0.25, -0.2) is 0 Å². The molecule has 6 nitrogen and oxygen atoms in total. The number of hydrogen-bond donors (Lipinski definition) is 2. The second-order valence-electron chi connectivity index (χ2n) is 4.27. The van der Waals surface area contributed by atoms with Crippen LogP contribution >= 0.6 is 0 Å². The van der Waals surface area contributed by atoms with E-state index in [1.807, 2.05) is 0 Å². The van der Waals surface area contributed by atoms with Crippen LogP contribution in [0.4, 0.5) is 5.69 Å². The highest BCUT2D eigenvalue weighted by molar-refractivity contribution is 5.42. The van der Waals surface area contributed by atoms with Crippen LogP contribution < -0.4 is 5.32 Å². The number of nitro benzene ring substituents is 1. The maximum atomic E-state index is 10.7. The van der Waals surface area contributed by atoms with E-state index in [-0.39, 0.29) is 11.4 Å². The van der Waals surface area contributed by atoms with Gasteiger partial charge >= 0.3 is 0 Å². The number of nitrogens with one attached hydrogen (secondary N) is 1. The van der Waals surface area contributed by atoms with Crippen molar-refractivity contribution in [3.05, 3.63) is 33.9 Å². The second-order valence-corrected chi connectivity index (χ2v) is 4.27. The minimum absolute atomic E-state index is 0.00153. The van der Waals surface area contributed by atoms with E-state index in [1.165, 1.54) is 18.2 Å². The average Bonchev–Trinajstić information content (AvgIpc) is 2.40. The highest BCUT2D eigenvalue weighted by Crippen LogP contribution is 2.22. The Hall–Kier alpha value is -1.66. The van der Waals surface area contributed by atoms with Crippen molar-refractivity contribution in [3.8, 4) is 5.75 Å². The summed E-state index contributed by atoms with van der Waals surface area (Å²) in [5, 5.41) is 23.5. The molecule has 0 unspecified atom stereocenters. The molecule has 0 bridgehead atoms. The molecule has 0 aliphatic heterocycles. The number of aromatic hydroxyl groups is 1. The molecular formula is C13H21N3O3. The number of phenols is 1. The van der Waals surface area contributed by atoms with Crippen LogP contribution in [0.2, 0.25) is 0 Å². The van der Waals surface area contributed by atoms with Crippen molar-refractivity contribution in [2.45, 2.75) is 20.4 Å². The second kappa shape index (κ2) is 7.70. The van der Waals surface area contributed by atoms with Gasteiger partial charge in [-0.15, -0.1) is 0 Å². The first-order chi connectivity index (χ1) is 9.08. The van der Waals surface area contributed by atoms with Crippen molar-refractivity contribution in [1.82, 2.24) is 10.2 Å². The molecule has 19 heavy (non-hydrogen) atoms. The predicted octanol–water partition coefficient (Wildman–Crippen LogP) is 1.73. The van der Waals surface area contributed by atoms with E-state index >= 15 is 0 Å². The zero-order chi connectivity index (χ0) is 14.3. The number of non-ortho nitro benzene ring substituents is 1. The Morgan fingerprint density at radius 3 is 2.63 bits per heavy atom. The average molecular weight is 267 g/mol. The summed E-state index contributed by atoms with van der Waals surface area (Å²) in [7, 11) is 0. The number of nitro groups is 1. The lowest BCUT2D eigenvalue weighted by Gasteiger charge is -2.18. The third-order valence-corrected chi connectivity index (χ3v) is 3.09. The molecule has 0 saturated heterocycles. The lowest BCUT2D eigenvalue weighted by Crippen LogP contribution is -2.31. The SMILES string of the molecule is CCN(CC)CCNCc1cc([N+](=O)[O-])ccc1O. The van der Waals surface area contributed by atoms with Crippen LogP contribution in [-0.2, 0) is 6.54 Å². The molecule has 6 heteroatoms. The molecule has 0 aliphatic rings. The maximum absolute atomic E-state index is 10.7. The summed E-state index contributed by atoms with van der Waals surface area (Å²) in [6.07, 6.45) is 0. The molecule has 0 atom stereocenters. The van der Waals surface area contributed by atoms with Crippen LogP contribution in [-0.4, -0.2) is 41.1 Å². The minimum Gasteiger partial charge on any atom is -0.508 e. The standard InChI is InChI=1S/C13H21N3O3/c1-3-15(4-2)8-7-14-10-11-9-12(16(18)19)5-6-13(11)17/h5-6,9,14,17H,3-4,7-8,10H2,1-2H3. The van der Waals surface area contributed by atoms with Gasteiger partial charge < -0.3 is 15.3 Å². The lowest BCUT2D eigenvalue weighted by atomic mass is 10.2. The fraction of sp³-hybridized carbons (Fsp3) is 0.538. The Morgan fingerprint density at radius 2 is 2.05 bits per heavy atom. The summed E-state index contributed by atoms with van der Waals surface area (Å²) in [5.74, 6) is 0.0842. The molecule has 0 fully saturated rings. The third kappa shape index (κ3) is 4.84. The zero-order valence-electron chi connectivity index (χ0n) is 11.4. The van der Waals surface area contributed by atoms with Gasteiger partial charge in [-0.1, -0.05) is 13.8 Å². The molecule has 0 aliphatic carbocycles. The molecule has 0 aromatic heterocycles. The fourth-order valence-electron chi connectivity index (χ4n) is 1.83. The zero-order valence-corrected chi connectivity index (χ0v) is 11.4. The van der Waals surface area contributed by atoms with Crippen LogP contribution in [0.25, 0.3) is 0 Å². The van der Waals surface area contributed by atoms with Crippen LogP contribution in [0.15, 0.2) is 18.2 Å². The topological polar surface area (TPSA) is 78.6 Å². The molecular weight excluding hydrogens is 246 g/mol. The summed E-state index contributed by atoms with van der Waals surface area (Å²) in [4.78, 5) is 12.5. The number of hydrogen-bond acceptors (Lipinski definition) is 5. The summed E-state index contributed by atoms with van der Waals surface area (Å²) >= 11 is 0. The lowest BCUT2D eigenvalue weighted by molar-refractivity contribution is -0.384. The Kier molecular flexibility index (Phi) is 6.24. The maximum Gasteiger partial charge on any atom is 0.270 e. The summed E-state index contributed by atoms with van der Waals surface area (Å²) in [5.41, 5.74) is 0.548. The van der Waals surface area contributed by atoms with Gasteiger partial charge in [0.15, 0.2) is 0 Å². The van der Waals surface area contributed by atoms with Crippen LogP contribution in [0.3, 0.4) is 0 Å². The predicted molar refractivity (Wildman–Crippen MR) is 74.3 cm³/mol. The number of phenolic OH excluding ortho intramolecular Hbond substituents is 1. The van der Waals surface area contributed by atoms with Gasteiger partial charge in [0.2, 0.25) is 0 Å². The molecule has 2 N–H and O–H groups in total. The molecule has 0 heterocycles. The van der Waals surface area contributed by atoms with Crippen molar-refractivity contribution >= 4 is 5.69 Å². The third-order valence-electron chi connectivity index (χ3n) is 3.09. The molecule has 0 amide bonds. The van der Waals surface area contributed by atoms with E-state index in [4.69, 9.17) is 0 Å². The number of rotatable bonds is 8. The molecule has 1 aromatic carbocycles. The first-order valence-electron chi connectivity index (χ1n) is 6.47. The molecule has 106 valence electrons. The van der Waals surface area contributed by atoms with Crippen molar-refractivity contribution in [2.75, 3.05) is 26.2 Å². The van der Waals surface area contributed by atoms with Gasteiger partial charge in [-0.2, -0.15) is 0 Å². The molecule has 0 saturated carbocycles. The normalized spacial score (nSPS) is 10.9. The smallest absolute Gasteiger partial charge is 0.270 e. The van der Waals surface area contributed by atoms with E-state index in [0.717, 1.165) is 26.2 Å². The van der Waals surface area contributed by atoms with Gasteiger partial charge in [0.1, 0.15) is 5.75 Å². The summed E-state index contributed by atoms with van der Waals surface area (Å²) in [6.45, 7) is 8.34. The Balaban J connectivity index is 2.48. The van der Waals surface area contributed by atoms with Crippen LogP contribution in [0.1, 0.15) is 19.4 Å². The molecule has 0 spiro atoms. The molecule has 1 aromatic rings. The highest BCUT2D eigenvalue weighted by Gasteiger charge is 2.09. The van der Waals surface area contributed by atoms with Crippen LogP contribution in [0.5, 0.6) is 5.75 Å². The Labute approximate surface area is 113 Å². The van der Waals surface area contributed by atoms with E-state index in [1.54, 1.807) is 0 Å². The quantitative estimate of drug-likeness (QED) is 0.426. The fourth-order valence-corrected chi connectivity index (χ4v) is 1.83.